The molecule has 0 amide bonds. The van der Waals surface area contributed by atoms with Crippen LogP contribution >= 0.6 is 0 Å². The highest BCUT2D eigenvalue weighted by molar-refractivity contribution is 5.63. The summed E-state index contributed by atoms with van der Waals surface area (Å²) in [6.07, 6.45) is 7.11. The van der Waals surface area contributed by atoms with Gasteiger partial charge >= 0.3 is 0 Å². The lowest BCUT2D eigenvalue weighted by Gasteiger charge is -2.22. The zero-order valence-corrected chi connectivity index (χ0v) is 14.9. The first kappa shape index (κ1) is 34.0. The Balaban J connectivity index is -0.0000000695. The lowest BCUT2D eigenvalue weighted by Crippen LogP contribution is -2.48. The van der Waals surface area contributed by atoms with Gasteiger partial charge in [0.05, 0.1) is 5.66 Å². The fourth-order valence-electron chi connectivity index (χ4n) is 0.912. The van der Waals surface area contributed by atoms with E-state index in [2.05, 4.69) is 0 Å². The van der Waals surface area contributed by atoms with E-state index in [1.54, 1.807) is 0 Å². The van der Waals surface area contributed by atoms with Crippen LogP contribution in [0.15, 0.2) is 12.2 Å². The molecule has 0 aliphatic heterocycles. The van der Waals surface area contributed by atoms with Crippen LogP contribution in [-0.4, -0.2) is 55.4 Å². The van der Waals surface area contributed by atoms with Crippen molar-refractivity contribution in [1.82, 2.24) is 0 Å². The van der Waals surface area contributed by atoms with Crippen LogP contribution in [0.1, 0.15) is 47.0 Å². The molecule has 0 saturated carbocycles. The second-order valence-electron chi connectivity index (χ2n) is 4.48. The molecule has 0 heterocycles. The van der Waals surface area contributed by atoms with Crippen molar-refractivity contribution in [3.63, 3.8) is 0 Å². The van der Waals surface area contributed by atoms with Gasteiger partial charge in [-0.3, -0.25) is 19.2 Å². The quantitative estimate of drug-likeness (QED) is 0.244. The third kappa shape index (κ3) is 145. The molecule has 0 atom stereocenters. The second kappa shape index (κ2) is 21.5. The van der Waals surface area contributed by atoms with Gasteiger partial charge in [-0.15, -0.1) is 0 Å². The number of carboxylic acid groups (broad SMARTS) is 4. The molecular weight excluding hydrogens is 340 g/mol. The Morgan fingerprint density at radius 3 is 1.12 bits per heavy atom. The van der Waals surface area contributed by atoms with Gasteiger partial charge in [0.2, 0.25) is 0 Å². The van der Waals surface area contributed by atoms with Crippen molar-refractivity contribution in [2.24, 2.45) is 11.5 Å². The summed E-state index contributed by atoms with van der Waals surface area (Å²) in [7, 11) is 0. The molecule has 1 aliphatic rings. The predicted octanol–water partition coefficient (Wildman–Crippen LogP) is -0.121. The highest BCUT2D eigenvalue weighted by Gasteiger charge is 2.15. The van der Waals surface area contributed by atoms with E-state index >= 15 is 0 Å². The lowest BCUT2D eigenvalue weighted by atomic mass is 9.98. The van der Waals surface area contributed by atoms with E-state index in [0.717, 1.165) is 47.0 Å². The summed E-state index contributed by atoms with van der Waals surface area (Å²) in [5.74, 6) is -3.33. The first-order valence-electron chi connectivity index (χ1n) is 6.67. The van der Waals surface area contributed by atoms with Crippen molar-refractivity contribution in [3.8, 4) is 0 Å². The van der Waals surface area contributed by atoms with Gasteiger partial charge in [-0.2, -0.15) is 0 Å². The van der Waals surface area contributed by atoms with Crippen LogP contribution in [0.5, 0.6) is 0 Å². The van der Waals surface area contributed by atoms with Crippen LogP contribution in [0.4, 0.5) is 0 Å². The average molecular weight is 370 g/mol. The number of carboxylic acids is 4. The van der Waals surface area contributed by atoms with E-state index in [4.69, 9.17) is 51.1 Å². The van der Waals surface area contributed by atoms with Crippen molar-refractivity contribution in [3.05, 3.63) is 12.2 Å². The molecule has 11 nitrogen and oxygen atoms in total. The van der Waals surface area contributed by atoms with E-state index in [0.29, 0.717) is 0 Å². The maximum atomic E-state index is 9.00. The summed E-state index contributed by atoms with van der Waals surface area (Å²) in [4.78, 5) is 36.0. The molecule has 25 heavy (non-hydrogen) atoms. The Morgan fingerprint density at radius 1 is 0.800 bits per heavy atom. The van der Waals surface area contributed by atoms with Crippen LogP contribution in [0.2, 0.25) is 0 Å². The second-order valence-corrected chi connectivity index (χ2v) is 4.48. The van der Waals surface area contributed by atoms with Crippen molar-refractivity contribution in [2.75, 3.05) is 0 Å². The van der Waals surface area contributed by atoms with Crippen molar-refractivity contribution in [1.29, 1.82) is 0 Å². The Morgan fingerprint density at radius 2 is 1.04 bits per heavy atom. The number of aliphatic carboxylic acids is 4. The summed E-state index contributed by atoms with van der Waals surface area (Å²) in [5, 5.41) is 29.7. The van der Waals surface area contributed by atoms with Gasteiger partial charge in [-0.1, -0.05) is 12.2 Å². The molecule has 0 fully saturated rings. The number of allylic oxidation sites excluding steroid dienone is 1. The van der Waals surface area contributed by atoms with Gasteiger partial charge in [-0.05, 0) is 19.3 Å². The van der Waals surface area contributed by atoms with Crippen molar-refractivity contribution >= 4 is 23.9 Å². The first-order chi connectivity index (χ1) is 10.6. The van der Waals surface area contributed by atoms with Gasteiger partial charge in [0, 0.05) is 27.7 Å². The maximum Gasteiger partial charge on any atom is 0.300 e. The topological polar surface area (TPSA) is 233 Å². The first-order valence-corrected chi connectivity index (χ1v) is 6.67. The zero-order valence-electron chi connectivity index (χ0n) is 14.9. The molecular formula is C14H30N2O9. The summed E-state index contributed by atoms with van der Waals surface area (Å²) in [6, 6.07) is 0. The predicted molar refractivity (Wildman–Crippen MR) is 90.9 cm³/mol. The Kier molecular flexibility index (Phi) is 29.2. The molecule has 0 unspecified atom stereocenters. The van der Waals surface area contributed by atoms with Crippen molar-refractivity contribution in [2.45, 2.75) is 52.6 Å². The third-order valence-corrected chi connectivity index (χ3v) is 1.41. The van der Waals surface area contributed by atoms with E-state index in [1.165, 1.54) is 0 Å². The average Bonchev–Trinajstić information content (AvgIpc) is 2.24. The SMILES string of the molecule is CC(=O)O.CC(=O)O.CC(=O)O.CC(=O)O.NC1(N)C=CCCC1.O. The van der Waals surface area contributed by atoms with Crippen LogP contribution in [0, 0.1) is 0 Å². The highest BCUT2D eigenvalue weighted by atomic mass is 16.4. The van der Waals surface area contributed by atoms with Gasteiger partial charge in [-0.25, -0.2) is 0 Å². The van der Waals surface area contributed by atoms with Crippen molar-refractivity contribution < 1.29 is 45.1 Å². The van der Waals surface area contributed by atoms with Crippen LogP contribution in [-0.2, 0) is 19.2 Å². The number of hydrogen-bond donors (Lipinski definition) is 6. The molecule has 0 aromatic heterocycles. The Hall–Kier alpha value is -2.50. The standard InChI is InChI=1S/C6H12N2.4C2H4O2.H2O/c7-6(8)4-2-1-3-5-6;4*1-2(3)4;/h2,4H,1,3,5,7-8H2;4*1H3,(H,3,4);1H2. The van der Waals surface area contributed by atoms with E-state index in [-0.39, 0.29) is 5.48 Å². The summed E-state index contributed by atoms with van der Waals surface area (Å²) in [6.45, 7) is 4.33. The van der Waals surface area contributed by atoms with E-state index in [1.807, 2.05) is 12.2 Å². The molecule has 0 bridgehead atoms. The third-order valence-electron chi connectivity index (χ3n) is 1.41. The molecule has 0 spiro atoms. The Bertz CT molecular complexity index is 343. The van der Waals surface area contributed by atoms with Gasteiger partial charge in [0.15, 0.2) is 0 Å². The van der Waals surface area contributed by atoms with E-state index < -0.39 is 29.5 Å². The minimum absolute atomic E-state index is 0. The molecule has 0 radical (unpaired) electrons. The fraction of sp³-hybridized carbons (Fsp3) is 0.571. The fourth-order valence-corrected chi connectivity index (χ4v) is 0.912. The molecule has 1 rings (SSSR count). The number of rotatable bonds is 0. The number of nitrogens with two attached hydrogens (primary N) is 2. The minimum Gasteiger partial charge on any atom is -0.481 e. The minimum atomic E-state index is -0.833. The molecule has 0 aromatic rings. The van der Waals surface area contributed by atoms with Crippen LogP contribution in [0.3, 0.4) is 0 Å². The molecule has 11 heteroatoms. The molecule has 1 aliphatic carbocycles. The Labute approximate surface area is 146 Å². The molecule has 10 N–H and O–H groups in total. The highest BCUT2D eigenvalue weighted by Crippen LogP contribution is 2.13. The lowest BCUT2D eigenvalue weighted by molar-refractivity contribution is -0.135. The number of carbonyl (C=O) groups is 4. The molecule has 150 valence electrons. The van der Waals surface area contributed by atoms with Gasteiger partial charge in [0.25, 0.3) is 23.9 Å². The normalized spacial score (nSPS) is 12.2. The summed E-state index contributed by atoms with van der Waals surface area (Å²) < 4.78 is 0. The summed E-state index contributed by atoms with van der Waals surface area (Å²) in [5.41, 5.74) is 10.6. The maximum absolute atomic E-state index is 9.00. The van der Waals surface area contributed by atoms with Crippen LogP contribution < -0.4 is 11.5 Å². The zero-order chi connectivity index (χ0) is 20.3. The molecule has 0 aromatic carbocycles. The molecule has 0 saturated heterocycles. The van der Waals surface area contributed by atoms with Gasteiger partial charge < -0.3 is 37.4 Å². The monoisotopic (exact) mass is 370 g/mol. The van der Waals surface area contributed by atoms with Crippen LogP contribution in [0.25, 0.3) is 0 Å². The van der Waals surface area contributed by atoms with E-state index in [9.17, 15) is 0 Å². The number of hydrogen-bond acceptors (Lipinski definition) is 6. The smallest absolute Gasteiger partial charge is 0.300 e. The summed E-state index contributed by atoms with van der Waals surface area (Å²) >= 11 is 0. The van der Waals surface area contributed by atoms with Gasteiger partial charge in [0.1, 0.15) is 0 Å². The largest absolute Gasteiger partial charge is 0.481 e.